The highest BCUT2D eigenvalue weighted by Crippen LogP contribution is 2.22. The molecular formula is C11H16ClNO. The fraction of sp³-hybridized carbons (Fsp3) is 0.455. The topological polar surface area (TPSA) is 32.3 Å². The second-order valence-corrected chi connectivity index (χ2v) is 3.75. The highest BCUT2D eigenvalue weighted by molar-refractivity contribution is 6.33. The summed E-state index contributed by atoms with van der Waals surface area (Å²) < 4.78 is 0. The van der Waals surface area contributed by atoms with E-state index in [9.17, 15) is 0 Å². The minimum absolute atomic E-state index is 0.253. The van der Waals surface area contributed by atoms with E-state index in [0.29, 0.717) is 0 Å². The van der Waals surface area contributed by atoms with Crippen molar-refractivity contribution in [2.45, 2.75) is 19.8 Å². The normalized spacial score (nSPS) is 10.2. The van der Waals surface area contributed by atoms with Crippen molar-refractivity contribution in [3.05, 3.63) is 28.8 Å². The van der Waals surface area contributed by atoms with Crippen molar-refractivity contribution in [1.82, 2.24) is 0 Å². The lowest BCUT2D eigenvalue weighted by molar-refractivity contribution is 0.286. The predicted octanol–water partition coefficient (Wildman–Crippen LogP) is 2.83. The van der Waals surface area contributed by atoms with Crippen LogP contribution < -0.4 is 5.32 Å². The Labute approximate surface area is 89.9 Å². The van der Waals surface area contributed by atoms with E-state index in [1.165, 1.54) is 0 Å². The van der Waals surface area contributed by atoms with Gasteiger partial charge in [0.1, 0.15) is 0 Å². The molecule has 0 aliphatic carbocycles. The van der Waals surface area contributed by atoms with Crippen LogP contribution in [0.4, 0.5) is 5.69 Å². The van der Waals surface area contributed by atoms with Crippen LogP contribution in [0.15, 0.2) is 18.2 Å². The zero-order chi connectivity index (χ0) is 10.4. The van der Waals surface area contributed by atoms with Crippen molar-refractivity contribution in [3.8, 4) is 0 Å². The van der Waals surface area contributed by atoms with Crippen LogP contribution in [0, 0.1) is 6.92 Å². The number of anilines is 1. The van der Waals surface area contributed by atoms with Crippen LogP contribution in [0.25, 0.3) is 0 Å². The maximum atomic E-state index is 8.60. The molecule has 78 valence electrons. The molecule has 0 aromatic heterocycles. The minimum Gasteiger partial charge on any atom is -0.396 e. The molecule has 3 heteroatoms. The van der Waals surface area contributed by atoms with Crippen LogP contribution in [0.3, 0.4) is 0 Å². The predicted molar refractivity (Wildman–Crippen MR) is 61.0 cm³/mol. The average Bonchev–Trinajstić information content (AvgIpc) is 2.15. The molecule has 0 spiro atoms. The van der Waals surface area contributed by atoms with Gasteiger partial charge in [-0.3, -0.25) is 0 Å². The Kier molecular flexibility index (Phi) is 4.77. The number of aliphatic hydroxyl groups is 1. The van der Waals surface area contributed by atoms with Crippen molar-refractivity contribution in [2.75, 3.05) is 18.5 Å². The summed E-state index contributed by atoms with van der Waals surface area (Å²) in [6.45, 7) is 3.12. The first-order valence-electron chi connectivity index (χ1n) is 4.85. The van der Waals surface area contributed by atoms with Crippen molar-refractivity contribution >= 4 is 17.3 Å². The Morgan fingerprint density at radius 3 is 2.79 bits per heavy atom. The van der Waals surface area contributed by atoms with E-state index >= 15 is 0 Å². The second kappa shape index (κ2) is 5.89. The first kappa shape index (κ1) is 11.3. The lowest BCUT2D eigenvalue weighted by Gasteiger charge is -2.08. The number of hydrogen-bond donors (Lipinski definition) is 2. The van der Waals surface area contributed by atoms with E-state index in [1.807, 2.05) is 25.1 Å². The monoisotopic (exact) mass is 213 g/mol. The summed E-state index contributed by atoms with van der Waals surface area (Å²) in [5.74, 6) is 0. The van der Waals surface area contributed by atoms with Crippen LogP contribution in [-0.2, 0) is 0 Å². The molecule has 2 N–H and O–H groups in total. The Bertz CT molecular complexity index is 289. The summed E-state index contributed by atoms with van der Waals surface area (Å²) >= 11 is 6.03. The zero-order valence-electron chi connectivity index (χ0n) is 8.39. The summed E-state index contributed by atoms with van der Waals surface area (Å²) in [6, 6.07) is 5.95. The highest BCUT2D eigenvalue weighted by Gasteiger charge is 1.98. The van der Waals surface area contributed by atoms with Crippen LogP contribution >= 0.6 is 11.6 Å². The molecule has 1 aromatic rings. The molecule has 0 aliphatic rings. The van der Waals surface area contributed by atoms with Gasteiger partial charge < -0.3 is 10.4 Å². The number of rotatable bonds is 5. The molecule has 0 bridgehead atoms. The molecule has 0 atom stereocenters. The SMILES string of the molecule is Cc1ccc(NCCCCO)c(Cl)c1. The highest BCUT2D eigenvalue weighted by atomic mass is 35.5. The van der Waals surface area contributed by atoms with Crippen molar-refractivity contribution in [2.24, 2.45) is 0 Å². The van der Waals surface area contributed by atoms with Gasteiger partial charge in [-0.05, 0) is 37.5 Å². The summed E-state index contributed by atoms with van der Waals surface area (Å²) in [5.41, 5.74) is 2.13. The van der Waals surface area contributed by atoms with E-state index in [2.05, 4.69) is 5.32 Å². The van der Waals surface area contributed by atoms with Gasteiger partial charge in [-0.1, -0.05) is 17.7 Å². The van der Waals surface area contributed by atoms with Gasteiger partial charge in [0.15, 0.2) is 0 Å². The van der Waals surface area contributed by atoms with Gasteiger partial charge >= 0.3 is 0 Å². The summed E-state index contributed by atoms with van der Waals surface area (Å²) in [5, 5.41) is 12.6. The maximum absolute atomic E-state index is 8.60. The Morgan fingerprint density at radius 2 is 2.14 bits per heavy atom. The van der Waals surface area contributed by atoms with Gasteiger partial charge in [0.25, 0.3) is 0 Å². The molecule has 0 amide bonds. The second-order valence-electron chi connectivity index (χ2n) is 3.34. The molecular weight excluding hydrogens is 198 g/mol. The lowest BCUT2D eigenvalue weighted by Crippen LogP contribution is -2.02. The number of halogens is 1. The molecule has 14 heavy (non-hydrogen) atoms. The molecule has 0 saturated carbocycles. The zero-order valence-corrected chi connectivity index (χ0v) is 9.14. The van der Waals surface area contributed by atoms with Crippen LogP contribution in [0.2, 0.25) is 5.02 Å². The van der Waals surface area contributed by atoms with Gasteiger partial charge in [0.2, 0.25) is 0 Å². The van der Waals surface area contributed by atoms with E-state index in [1.54, 1.807) is 0 Å². The fourth-order valence-corrected chi connectivity index (χ4v) is 1.53. The minimum atomic E-state index is 0.253. The lowest BCUT2D eigenvalue weighted by atomic mass is 10.2. The first-order chi connectivity index (χ1) is 6.74. The third-order valence-corrected chi connectivity index (χ3v) is 2.34. The van der Waals surface area contributed by atoms with Gasteiger partial charge in [-0.2, -0.15) is 0 Å². The van der Waals surface area contributed by atoms with E-state index in [4.69, 9.17) is 16.7 Å². The number of aryl methyl sites for hydroxylation is 1. The van der Waals surface area contributed by atoms with Crippen molar-refractivity contribution in [3.63, 3.8) is 0 Å². The summed E-state index contributed by atoms with van der Waals surface area (Å²) in [6.07, 6.45) is 1.79. The van der Waals surface area contributed by atoms with Crippen LogP contribution in [0.1, 0.15) is 18.4 Å². The molecule has 1 rings (SSSR count). The number of aliphatic hydroxyl groups excluding tert-OH is 1. The molecule has 0 unspecified atom stereocenters. The summed E-state index contributed by atoms with van der Waals surface area (Å²) in [7, 11) is 0. The quantitative estimate of drug-likeness (QED) is 0.738. The smallest absolute Gasteiger partial charge is 0.0640 e. The standard InChI is InChI=1S/C11H16ClNO/c1-9-4-5-11(10(12)8-9)13-6-2-3-7-14/h4-5,8,13-14H,2-3,6-7H2,1H3. The number of nitrogens with one attached hydrogen (secondary N) is 1. The van der Waals surface area contributed by atoms with Gasteiger partial charge in [0.05, 0.1) is 10.7 Å². The van der Waals surface area contributed by atoms with Gasteiger partial charge in [0, 0.05) is 13.2 Å². The molecule has 0 aliphatic heterocycles. The van der Waals surface area contributed by atoms with Crippen LogP contribution in [0.5, 0.6) is 0 Å². The number of benzene rings is 1. The average molecular weight is 214 g/mol. The Morgan fingerprint density at radius 1 is 1.36 bits per heavy atom. The Hall–Kier alpha value is -0.730. The largest absolute Gasteiger partial charge is 0.396 e. The first-order valence-corrected chi connectivity index (χ1v) is 5.22. The Balaban J connectivity index is 2.42. The van der Waals surface area contributed by atoms with Gasteiger partial charge in [-0.25, -0.2) is 0 Å². The van der Waals surface area contributed by atoms with E-state index in [-0.39, 0.29) is 6.61 Å². The molecule has 0 radical (unpaired) electrons. The third kappa shape index (κ3) is 3.56. The van der Waals surface area contributed by atoms with Crippen LogP contribution in [-0.4, -0.2) is 18.3 Å². The van der Waals surface area contributed by atoms with Crippen molar-refractivity contribution < 1.29 is 5.11 Å². The molecule has 0 fully saturated rings. The number of unbranched alkanes of at least 4 members (excludes halogenated alkanes) is 1. The van der Waals surface area contributed by atoms with E-state index < -0.39 is 0 Å². The molecule has 0 heterocycles. The summed E-state index contributed by atoms with van der Waals surface area (Å²) in [4.78, 5) is 0. The molecule has 2 nitrogen and oxygen atoms in total. The molecule has 1 aromatic carbocycles. The van der Waals surface area contributed by atoms with E-state index in [0.717, 1.165) is 35.7 Å². The maximum Gasteiger partial charge on any atom is 0.0640 e. The van der Waals surface area contributed by atoms with Crippen molar-refractivity contribution in [1.29, 1.82) is 0 Å². The van der Waals surface area contributed by atoms with Gasteiger partial charge in [-0.15, -0.1) is 0 Å². The molecule has 0 saturated heterocycles. The third-order valence-electron chi connectivity index (χ3n) is 2.02. The number of hydrogen-bond acceptors (Lipinski definition) is 2. The fourth-order valence-electron chi connectivity index (χ4n) is 1.22.